The van der Waals surface area contributed by atoms with Crippen LogP contribution in [0.2, 0.25) is 0 Å². The average Bonchev–Trinajstić information content (AvgIpc) is 2.48. The fraction of sp³-hybridized carbons (Fsp3) is 0.500. The molecule has 1 rings (SSSR count). The molecule has 13 heavy (non-hydrogen) atoms. The van der Waals surface area contributed by atoms with Crippen LogP contribution >= 0.6 is 0 Å². The summed E-state index contributed by atoms with van der Waals surface area (Å²) in [5.74, 6) is 0.296. The molecule has 0 amide bonds. The Morgan fingerprint density at radius 1 is 1.54 bits per heavy atom. The number of alkyl halides is 3. The van der Waals surface area contributed by atoms with Crippen LogP contribution < -0.4 is 5.73 Å². The maximum atomic E-state index is 12.2. The number of halogens is 3. The molecule has 74 valence electrons. The van der Waals surface area contributed by atoms with Gasteiger partial charge in [0.2, 0.25) is 0 Å². The van der Waals surface area contributed by atoms with Crippen molar-refractivity contribution < 1.29 is 17.6 Å². The molecular formula is C8H10F3NO. The summed E-state index contributed by atoms with van der Waals surface area (Å²) in [7, 11) is 0. The van der Waals surface area contributed by atoms with Crippen LogP contribution in [0.3, 0.4) is 0 Å². The predicted octanol–water partition coefficient (Wildman–Crippen LogP) is 2.40. The third-order valence-corrected chi connectivity index (χ3v) is 1.79. The lowest BCUT2D eigenvalue weighted by Crippen LogP contribution is -2.28. The fourth-order valence-corrected chi connectivity index (χ4v) is 1.09. The molecule has 2 N–H and O–H groups in total. The lowest BCUT2D eigenvalue weighted by molar-refractivity contribution is -0.149. The van der Waals surface area contributed by atoms with Crippen molar-refractivity contribution in [1.29, 1.82) is 0 Å². The quantitative estimate of drug-likeness (QED) is 0.783. The Morgan fingerprint density at radius 2 is 2.15 bits per heavy atom. The molecule has 0 bridgehead atoms. The van der Waals surface area contributed by atoms with Gasteiger partial charge in [-0.1, -0.05) is 6.92 Å². The van der Waals surface area contributed by atoms with Crippen LogP contribution in [0, 0.1) is 0 Å². The molecule has 0 fully saturated rings. The highest BCUT2D eigenvalue weighted by Crippen LogP contribution is 2.32. The summed E-state index contributed by atoms with van der Waals surface area (Å²) in [6, 6.07) is -0.682. The van der Waals surface area contributed by atoms with Gasteiger partial charge in [-0.05, 0) is 6.07 Å². The molecule has 0 aromatic carbocycles. The maximum absolute atomic E-state index is 12.2. The molecule has 0 aliphatic rings. The number of nitrogens with two attached hydrogens (primary N) is 1. The molecule has 0 saturated heterocycles. The van der Waals surface area contributed by atoms with E-state index in [1.807, 2.05) is 0 Å². The van der Waals surface area contributed by atoms with Crippen molar-refractivity contribution in [2.45, 2.75) is 25.6 Å². The molecule has 0 radical (unpaired) electrons. The molecule has 1 aromatic rings. The van der Waals surface area contributed by atoms with E-state index in [0.29, 0.717) is 12.2 Å². The van der Waals surface area contributed by atoms with E-state index in [-0.39, 0.29) is 5.56 Å². The summed E-state index contributed by atoms with van der Waals surface area (Å²) in [6.45, 7) is 1.71. The summed E-state index contributed by atoms with van der Waals surface area (Å²) in [5, 5.41) is 0. The van der Waals surface area contributed by atoms with Gasteiger partial charge in [0.15, 0.2) is 0 Å². The molecule has 2 nitrogen and oxygen atoms in total. The van der Waals surface area contributed by atoms with Gasteiger partial charge in [-0.2, -0.15) is 13.2 Å². The molecular weight excluding hydrogens is 183 g/mol. The minimum absolute atomic E-state index is 0.0231. The van der Waals surface area contributed by atoms with Gasteiger partial charge >= 0.3 is 6.18 Å². The van der Waals surface area contributed by atoms with Crippen LogP contribution in [0.4, 0.5) is 13.2 Å². The van der Waals surface area contributed by atoms with Crippen molar-refractivity contribution in [2.24, 2.45) is 5.73 Å². The van der Waals surface area contributed by atoms with Gasteiger partial charge in [-0.15, -0.1) is 0 Å². The Balaban J connectivity index is 2.94. The molecule has 5 heteroatoms. The Morgan fingerprint density at radius 3 is 2.62 bits per heavy atom. The molecule has 0 saturated carbocycles. The Labute approximate surface area is 73.5 Å². The van der Waals surface area contributed by atoms with Crippen molar-refractivity contribution in [3.05, 3.63) is 23.7 Å². The van der Waals surface area contributed by atoms with Crippen molar-refractivity contribution in [3.8, 4) is 0 Å². The smallest absolute Gasteiger partial charge is 0.407 e. The van der Waals surface area contributed by atoms with Crippen LogP contribution in [0.5, 0.6) is 0 Å². The van der Waals surface area contributed by atoms with E-state index >= 15 is 0 Å². The monoisotopic (exact) mass is 193 g/mol. The van der Waals surface area contributed by atoms with Gasteiger partial charge in [0, 0.05) is 12.0 Å². The van der Waals surface area contributed by atoms with Gasteiger partial charge in [-0.3, -0.25) is 0 Å². The van der Waals surface area contributed by atoms with Gasteiger partial charge < -0.3 is 10.2 Å². The summed E-state index contributed by atoms with van der Waals surface area (Å²) in [4.78, 5) is 0. The van der Waals surface area contributed by atoms with Crippen LogP contribution in [0.1, 0.15) is 24.3 Å². The predicted molar refractivity (Wildman–Crippen MR) is 41.1 cm³/mol. The zero-order chi connectivity index (χ0) is 10.1. The van der Waals surface area contributed by atoms with Gasteiger partial charge in [0.1, 0.15) is 11.8 Å². The highest BCUT2D eigenvalue weighted by atomic mass is 19.4. The number of hydrogen-bond acceptors (Lipinski definition) is 2. The SMILES string of the molecule is CCc1occc1[C@H](N)C(F)(F)F. The third-order valence-electron chi connectivity index (χ3n) is 1.79. The Hall–Kier alpha value is -0.970. The maximum Gasteiger partial charge on any atom is 0.407 e. The number of furan rings is 1. The Kier molecular flexibility index (Phi) is 2.66. The first-order chi connectivity index (χ1) is 5.96. The highest BCUT2D eigenvalue weighted by molar-refractivity contribution is 5.22. The normalized spacial score (nSPS) is 14.5. The largest absolute Gasteiger partial charge is 0.469 e. The molecule has 1 aromatic heterocycles. The topological polar surface area (TPSA) is 39.2 Å². The molecule has 0 aliphatic carbocycles. The van der Waals surface area contributed by atoms with Crippen molar-refractivity contribution in [2.75, 3.05) is 0 Å². The summed E-state index contributed by atoms with van der Waals surface area (Å²) < 4.78 is 41.3. The minimum Gasteiger partial charge on any atom is -0.469 e. The van der Waals surface area contributed by atoms with Gasteiger partial charge in [-0.25, -0.2) is 0 Å². The fourth-order valence-electron chi connectivity index (χ4n) is 1.09. The standard InChI is InChI=1S/C8H10F3NO/c1-2-6-5(3-4-13-6)7(12)8(9,10)11/h3-4,7H,2,12H2,1H3/t7-/m0/s1. The lowest BCUT2D eigenvalue weighted by Gasteiger charge is -2.14. The van der Waals surface area contributed by atoms with Gasteiger partial charge in [0.25, 0.3) is 0 Å². The average molecular weight is 193 g/mol. The van der Waals surface area contributed by atoms with E-state index in [4.69, 9.17) is 10.2 Å². The van der Waals surface area contributed by atoms with E-state index in [1.165, 1.54) is 12.3 Å². The van der Waals surface area contributed by atoms with Crippen LogP contribution in [0.25, 0.3) is 0 Å². The van der Waals surface area contributed by atoms with Crippen molar-refractivity contribution >= 4 is 0 Å². The minimum atomic E-state index is -4.41. The lowest BCUT2D eigenvalue weighted by atomic mass is 10.1. The van der Waals surface area contributed by atoms with Crippen molar-refractivity contribution in [1.82, 2.24) is 0 Å². The number of rotatable bonds is 2. The second-order valence-corrected chi connectivity index (χ2v) is 2.67. The molecule has 1 heterocycles. The number of aryl methyl sites for hydroxylation is 1. The summed E-state index contributed by atoms with van der Waals surface area (Å²) >= 11 is 0. The number of hydrogen-bond donors (Lipinski definition) is 1. The van der Waals surface area contributed by atoms with E-state index in [2.05, 4.69) is 0 Å². The van der Waals surface area contributed by atoms with Crippen molar-refractivity contribution in [3.63, 3.8) is 0 Å². The second kappa shape index (κ2) is 3.41. The zero-order valence-electron chi connectivity index (χ0n) is 7.06. The van der Waals surface area contributed by atoms with E-state index in [0.717, 1.165) is 0 Å². The molecule has 0 unspecified atom stereocenters. The van der Waals surface area contributed by atoms with E-state index < -0.39 is 12.2 Å². The summed E-state index contributed by atoms with van der Waals surface area (Å²) in [5.41, 5.74) is 5.03. The Bertz CT molecular complexity index is 279. The molecule has 0 aliphatic heterocycles. The zero-order valence-corrected chi connectivity index (χ0v) is 7.06. The summed E-state index contributed by atoms with van der Waals surface area (Å²) in [6.07, 6.45) is -2.78. The first-order valence-corrected chi connectivity index (χ1v) is 3.85. The first-order valence-electron chi connectivity index (χ1n) is 3.85. The first kappa shape index (κ1) is 10.1. The second-order valence-electron chi connectivity index (χ2n) is 2.67. The van der Waals surface area contributed by atoms with Crippen LogP contribution in [-0.4, -0.2) is 6.18 Å². The van der Waals surface area contributed by atoms with Crippen LogP contribution in [0.15, 0.2) is 16.7 Å². The van der Waals surface area contributed by atoms with Crippen LogP contribution in [-0.2, 0) is 6.42 Å². The molecule has 1 atom stereocenters. The van der Waals surface area contributed by atoms with E-state index in [1.54, 1.807) is 6.92 Å². The highest BCUT2D eigenvalue weighted by Gasteiger charge is 2.39. The van der Waals surface area contributed by atoms with E-state index in [9.17, 15) is 13.2 Å². The van der Waals surface area contributed by atoms with Gasteiger partial charge in [0.05, 0.1) is 6.26 Å². The third kappa shape index (κ3) is 2.03. The molecule has 0 spiro atoms.